The van der Waals surface area contributed by atoms with Crippen molar-refractivity contribution < 1.29 is 0 Å². The maximum atomic E-state index is 6.08. The third-order valence-corrected chi connectivity index (χ3v) is 3.17. The highest BCUT2D eigenvalue weighted by molar-refractivity contribution is 5.80. The van der Waals surface area contributed by atoms with Crippen LogP contribution >= 0.6 is 0 Å². The summed E-state index contributed by atoms with van der Waals surface area (Å²) in [5.74, 6) is 0. The normalized spacial score (nSPS) is 12.5. The molecule has 0 saturated heterocycles. The Labute approximate surface area is 115 Å². The van der Waals surface area contributed by atoms with Gasteiger partial charge < -0.3 is 5.73 Å². The van der Waals surface area contributed by atoms with Gasteiger partial charge in [0, 0.05) is 17.9 Å². The molecule has 1 heterocycles. The van der Waals surface area contributed by atoms with E-state index in [9.17, 15) is 0 Å². The Morgan fingerprint density at radius 1 is 1.05 bits per heavy atom. The molecule has 1 aromatic carbocycles. The Hall–Kier alpha value is -1.93. The van der Waals surface area contributed by atoms with Gasteiger partial charge in [-0.05, 0) is 55.2 Å². The van der Waals surface area contributed by atoms with Gasteiger partial charge in [0.1, 0.15) is 0 Å². The van der Waals surface area contributed by atoms with Gasteiger partial charge in [-0.15, -0.1) is 0 Å². The van der Waals surface area contributed by atoms with E-state index in [-0.39, 0.29) is 5.54 Å². The summed E-state index contributed by atoms with van der Waals surface area (Å²) < 4.78 is 0. The molecule has 0 spiro atoms. The Bertz CT molecular complexity index is 560. The second-order valence-electron chi connectivity index (χ2n) is 5.41. The Morgan fingerprint density at radius 3 is 2.16 bits per heavy atom. The summed E-state index contributed by atoms with van der Waals surface area (Å²) in [6.45, 7) is 6.15. The monoisotopic (exact) mass is 252 g/mol. The average molecular weight is 252 g/mol. The molecule has 0 aliphatic heterocycles. The molecule has 0 fully saturated rings. The molecule has 2 nitrogen and oxygen atoms in total. The number of rotatable bonds is 3. The molecule has 0 saturated carbocycles. The molecule has 0 unspecified atom stereocenters. The number of allylic oxidation sites excluding steroid dienone is 1. The molecule has 1 aromatic heterocycles. The summed E-state index contributed by atoms with van der Waals surface area (Å²) in [4.78, 5) is 4.02. The number of nitrogens with zero attached hydrogens (tertiary/aromatic N) is 1. The highest BCUT2D eigenvalue weighted by atomic mass is 14.7. The van der Waals surface area contributed by atoms with Gasteiger partial charge in [0.05, 0.1) is 0 Å². The number of hydrogen-bond donors (Lipinski definition) is 1. The summed E-state index contributed by atoms with van der Waals surface area (Å²) in [6.07, 6.45) is 5.77. The van der Waals surface area contributed by atoms with Crippen LogP contribution in [0.5, 0.6) is 0 Å². The quantitative estimate of drug-likeness (QED) is 0.901. The second-order valence-corrected chi connectivity index (χ2v) is 5.41. The molecule has 0 aliphatic rings. The van der Waals surface area contributed by atoms with Crippen molar-refractivity contribution in [3.63, 3.8) is 0 Å². The molecular weight excluding hydrogens is 232 g/mol. The molecule has 0 bridgehead atoms. The minimum atomic E-state index is -0.290. The van der Waals surface area contributed by atoms with Crippen molar-refractivity contribution in [3.05, 3.63) is 65.5 Å². The molecule has 2 N–H and O–H groups in total. The molecule has 19 heavy (non-hydrogen) atoms. The van der Waals surface area contributed by atoms with Crippen molar-refractivity contribution in [1.82, 2.24) is 4.98 Å². The van der Waals surface area contributed by atoms with Gasteiger partial charge in [0.2, 0.25) is 0 Å². The minimum Gasteiger partial charge on any atom is -0.322 e. The van der Waals surface area contributed by atoms with E-state index >= 15 is 0 Å². The van der Waals surface area contributed by atoms with E-state index in [1.807, 2.05) is 26.0 Å². The van der Waals surface area contributed by atoms with Gasteiger partial charge in [-0.1, -0.05) is 30.3 Å². The van der Waals surface area contributed by atoms with Crippen molar-refractivity contribution in [3.8, 4) is 0 Å². The Kier molecular flexibility index (Phi) is 3.82. The summed E-state index contributed by atoms with van der Waals surface area (Å²) in [7, 11) is 0. The third-order valence-electron chi connectivity index (χ3n) is 3.17. The van der Waals surface area contributed by atoms with E-state index in [1.165, 1.54) is 11.1 Å². The minimum absolute atomic E-state index is 0.290. The number of hydrogen-bond acceptors (Lipinski definition) is 2. The first-order chi connectivity index (χ1) is 8.97. The SMILES string of the molecule is C/C(=C/c1ccncc1)c1ccc(C(C)(C)N)cc1. The smallest absolute Gasteiger partial charge is 0.0352 e. The summed E-state index contributed by atoms with van der Waals surface area (Å²) in [5, 5.41) is 0. The van der Waals surface area contributed by atoms with Crippen molar-refractivity contribution in [1.29, 1.82) is 0 Å². The van der Waals surface area contributed by atoms with Crippen molar-refractivity contribution in [2.24, 2.45) is 5.73 Å². The largest absolute Gasteiger partial charge is 0.322 e. The van der Waals surface area contributed by atoms with Crippen LogP contribution in [0, 0.1) is 0 Å². The average Bonchev–Trinajstić information content (AvgIpc) is 2.39. The summed E-state index contributed by atoms with van der Waals surface area (Å²) in [5.41, 5.74) is 10.5. The maximum Gasteiger partial charge on any atom is 0.0352 e. The van der Waals surface area contributed by atoms with Gasteiger partial charge in [0.15, 0.2) is 0 Å². The molecule has 98 valence electrons. The van der Waals surface area contributed by atoms with Crippen LogP contribution in [0.15, 0.2) is 48.8 Å². The molecule has 0 atom stereocenters. The summed E-state index contributed by atoms with van der Waals surface area (Å²) in [6, 6.07) is 12.4. The van der Waals surface area contributed by atoms with Gasteiger partial charge in [-0.3, -0.25) is 4.98 Å². The molecule has 0 radical (unpaired) electrons. The molecular formula is C17H20N2. The van der Waals surface area contributed by atoms with Crippen LogP contribution < -0.4 is 5.73 Å². The van der Waals surface area contributed by atoms with Crippen molar-refractivity contribution in [2.45, 2.75) is 26.3 Å². The number of aromatic nitrogens is 1. The zero-order valence-corrected chi connectivity index (χ0v) is 11.7. The van der Waals surface area contributed by atoms with Crippen LogP contribution in [0.1, 0.15) is 37.5 Å². The van der Waals surface area contributed by atoms with Crippen LogP contribution in [0.3, 0.4) is 0 Å². The maximum absolute atomic E-state index is 6.08. The first kappa shape index (κ1) is 13.5. The van der Waals surface area contributed by atoms with Gasteiger partial charge >= 0.3 is 0 Å². The lowest BCUT2D eigenvalue weighted by Gasteiger charge is -2.19. The first-order valence-electron chi connectivity index (χ1n) is 6.45. The number of nitrogens with two attached hydrogens (primary N) is 1. The van der Waals surface area contributed by atoms with E-state index in [2.05, 4.69) is 42.2 Å². The van der Waals surface area contributed by atoms with Crippen LogP contribution in [-0.2, 0) is 5.54 Å². The lowest BCUT2D eigenvalue weighted by atomic mass is 9.93. The molecule has 0 aliphatic carbocycles. The van der Waals surface area contributed by atoms with Crippen LogP contribution in [0.25, 0.3) is 11.6 Å². The molecule has 2 rings (SSSR count). The number of pyridine rings is 1. The van der Waals surface area contributed by atoms with E-state index in [1.54, 1.807) is 12.4 Å². The fraction of sp³-hybridized carbons (Fsp3) is 0.235. The fourth-order valence-electron chi connectivity index (χ4n) is 1.96. The number of benzene rings is 1. The van der Waals surface area contributed by atoms with Crippen molar-refractivity contribution >= 4 is 11.6 Å². The van der Waals surface area contributed by atoms with Gasteiger partial charge in [0.25, 0.3) is 0 Å². The predicted octanol–water partition coefficient (Wildman–Crippen LogP) is 3.84. The molecule has 2 heteroatoms. The molecule has 2 aromatic rings. The van der Waals surface area contributed by atoms with E-state index in [0.717, 1.165) is 11.1 Å². The zero-order valence-electron chi connectivity index (χ0n) is 11.7. The van der Waals surface area contributed by atoms with Crippen LogP contribution in [0.2, 0.25) is 0 Å². The van der Waals surface area contributed by atoms with Crippen LogP contribution in [-0.4, -0.2) is 4.98 Å². The first-order valence-corrected chi connectivity index (χ1v) is 6.45. The molecule has 0 amide bonds. The summed E-state index contributed by atoms with van der Waals surface area (Å²) >= 11 is 0. The van der Waals surface area contributed by atoms with Crippen molar-refractivity contribution in [2.75, 3.05) is 0 Å². The van der Waals surface area contributed by atoms with Gasteiger partial charge in [-0.25, -0.2) is 0 Å². The zero-order chi connectivity index (χ0) is 13.9. The lowest BCUT2D eigenvalue weighted by Crippen LogP contribution is -2.28. The standard InChI is InChI=1S/C17H20N2/c1-13(12-14-8-10-19-11-9-14)15-4-6-16(7-5-15)17(2,3)18/h4-12H,18H2,1-3H3/b13-12-. The highest BCUT2D eigenvalue weighted by Gasteiger charge is 2.13. The van der Waals surface area contributed by atoms with E-state index < -0.39 is 0 Å². The Balaban J connectivity index is 2.25. The van der Waals surface area contributed by atoms with E-state index in [0.29, 0.717) is 0 Å². The Morgan fingerprint density at radius 2 is 1.63 bits per heavy atom. The third kappa shape index (κ3) is 3.52. The fourth-order valence-corrected chi connectivity index (χ4v) is 1.96. The topological polar surface area (TPSA) is 38.9 Å². The highest BCUT2D eigenvalue weighted by Crippen LogP contribution is 2.22. The van der Waals surface area contributed by atoms with Gasteiger partial charge in [-0.2, -0.15) is 0 Å². The lowest BCUT2D eigenvalue weighted by molar-refractivity contribution is 0.554. The second kappa shape index (κ2) is 5.37. The predicted molar refractivity (Wildman–Crippen MR) is 81.4 cm³/mol. The van der Waals surface area contributed by atoms with Crippen LogP contribution in [0.4, 0.5) is 0 Å². The van der Waals surface area contributed by atoms with E-state index in [4.69, 9.17) is 5.73 Å².